The molecule has 24 heavy (non-hydrogen) atoms. The molecule has 2 aromatic rings. The van der Waals surface area contributed by atoms with Crippen molar-refractivity contribution in [1.82, 2.24) is 4.90 Å². The second-order valence-electron chi connectivity index (χ2n) is 7.20. The van der Waals surface area contributed by atoms with Gasteiger partial charge in [-0.05, 0) is 61.4 Å². The molecule has 2 aromatic carbocycles. The van der Waals surface area contributed by atoms with E-state index in [1.807, 2.05) is 12.1 Å². The molecule has 0 amide bonds. The van der Waals surface area contributed by atoms with Gasteiger partial charge in [-0.3, -0.25) is 4.90 Å². The van der Waals surface area contributed by atoms with E-state index in [-0.39, 0.29) is 0 Å². The Morgan fingerprint density at radius 2 is 1.75 bits per heavy atom. The summed E-state index contributed by atoms with van der Waals surface area (Å²) in [6.07, 6.45) is 8.66. The molecule has 2 aliphatic rings. The fraction of sp³-hybridized carbons (Fsp3) is 0.364. The van der Waals surface area contributed by atoms with Gasteiger partial charge in [0.15, 0.2) is 0 Å². The van der Waals surface area contributed by atoms with Crippen molar-refractivity contribution < 1.29 is 0 Å². The molecule has 0 spiro atoms. The first-order chi connectivity index (χ1) is 11.7. The summed E-state index contributed by atoms with van der Waals surface area (Å²) in [4.78, 5) is 2.62. The van der Waals surface area contributed by atoms with Crippen LogP contribution >= 0.6 is 11.6 Å². The number of nitrogens with zero attached hydrogens (tertiary/aromatic N) is 1. The molecule has 4 rings (SSSR count). The summed E-state index contributed by atoms with van der Waals surface area (Å²) in [6.45, 7) is 0. The van der Waals surface area contributed by atoms with E-state index in [4.69, 9.17) is 11.6 Å². The molecule has 0 radical (unpaired) electrons. The molecule has 0 N–H and O–H groups in total. The van der Waals surface area contributed by atoms with E-state index in [0.717, 1.165) is 11.1 Å². The van der Waals surface area contributed by atoms with E-state index >= 15 is 0 Å². The van der Waals surface area contributed by atoms with Crippen LogP contribution < -0.4 is 0 Å². The minimum absolute atomic E-state index is 0.565. The summed E-state index contributed by atoms with van der Waals surface area (Å²) >= 11 is 6.10. The smallest absolute Gasteiger partial charge is 0.0406 e. The number of hydrogen-bond donors (Lipinski definition) is 0. The van der Waals surface area contributed by atoms with Crippen molar-refractivity contribution in [2.75, 3.05) is 7.05 Å². The second kappa shape index (κ2) is 6.74. The normalized spacial score (nSPS) is 30.1. The Morgan fingerprint density at radius 3 is 2.50 bits per heavy atom. The van der Waals surface area contributed by atoms with Gasteiger partial charge in [0, 0.05) is 17.1 Å². The highest BCUT2D eigenvalue weighted by molar-refractivity contribution is 6.30. The van der Waals surface area contributed by atoms with Gasteiger partial charge in [0.1, 0.15) is 0 Å². The Morgan fingerprint density at radius 1 is 1.00 bits per heavy atom. The predicted molar refractivity (Wildman–Crippen MR) is 102 cm³/mol. The van der Waals surface area contributed by atoms with Gasteiger partial charge in [-0.1, -0.05) is 66.2 Å². The van der Waals surface area contributed by atoms with E-state index in [2.05, 4.69) is 66.6 Å². The van der Waals surface area contributed by atoms with Crippen molar-refractivity contribution in [3.8, 4) is 0 Å². The Hall–Kier alpha value is -1.57. The lowest BCUT2D eigenvalue weighted by atomic mass is 9.76. The summed E-state index contributed by atoms with van der Waals surface area (Å²) in [5.74, 6) is 1.16. The molecule has 2 aliphatic heterocycles. The van der Waals surface area contributed by atoms with E-state index in [1.54, 1.807) is 0 Å². The second-order valence-corrected chi connectivity index (χ2v) is 7.64. The summed E-state index contributed by atoms with van der Waals surface area (Å²) in [5.41, 5.74) is 2.72. The first kappa shape index (κ1) is 15.9. The van der Waals surface area contributed by atoms with Crippen LogP contribution in [0.25, 0.3) is 6.08 Å². The number of hydrogen-bond acceptors (Lipinski definition) is 1. The van der Waals surface area contributed by atoms with Crippen molar-refractivity contribution in [3.63, 3.8) is 0 Å². The SMILES string of the molecule is CN1[C@H]2CC[C@@H]1[C@@H](/C=C\c1ccccc1)[C@@H](c1ccc(Cl)cc1)C2. The van der Waals surface area contributed by atoms with Gasteiger partial charge in [-0.15, -0.1) is 0 Å². The zero-order valence-electron chi connectivity index (χ0n) is 14.1. The molecule has 2 saturated heterocycles. The molecule has 0 saturated carbocycles. The molecule has 0 aliphatic carbocycles. The highest BCUT2D eigenvalue weighted by atomic mass is 35.5. The maximum atomic E-state index is 6.10. The lowest BCUT2D eigenvalue weighted by Crippen LogP contribution is -2.45. The molecule has 2 bridgehead atoms. The lowest BCUT2D eigenvalue weighted by molar-refractivity contribution is 0.124. The Kier molecular flexibility index (Phi) is 4.47. The van der Waals surface area contributed by atoms with Gasteiger partial charge >= 0.3 is 0 Å². The molecule has 0 unspecified atom stereocenters. The minimum atomic E-state index is 0.565. The Bertz CT molecular complexity index is 707. The van der Waals surface area contributed by atoms with Gasteiger partial charge in [-0.2, -0.15) is 0 Å². The van der Waals surface area contributed by atoms with Crippen LogP contribution in [0.2, 0.25) is 5.02 Å². The van der Waals surface area contributed by atoms with Crippen LogP contribution in [-0.2, 0) is 0 Å². The molecular weight excluding hydrogens is 314 g/mol. The third kappa shape index (κ3) is 3.03. The highest BCUT2D eigenvalue weighted by Gasteiger charge is 2.44. The van der Waals surface area contributed by atoms with E-state index in [9.17, 15) is 0 Å². The first-order valence-electron chi connectivity index (χ1n) is 8.93. The molecule has 4 atom stereocenters. The van der Waals surface area contributed by atoms with E-state index < -0.39 is 0 Å². The maximum Gasteiger partial charge on any atom is 0.0406 e. The largest absolute Gasteiger partial charge is 0.300 e. The van der Waals surface area contributed by atoms with Crippen molar-refractivity contribution >= 4 is 17.7 Å². The Balaban J connectivity index is 1.65. The number of benzene rings is 2. The Labute approximate surface area is 149 Å². The van der Waals surface area contributed by atoms with Crippen molar-refractivity contribution in [2.24, 2.45) is 5.92 Å². The summed E-state index contributed by atoms with van der Waals surface area (Å²) in [5, 5.41) is 0.825. The summed E-state index contributed by atoms with van der Waals surface area (Å²) < 4.78 is 0. The van der Waals surface area contributed by atoms with Crippen LogP contribution in [0, 0.1) is 5.92 Å². The van der Waals surface area contributed by atoms with E-state index in [0.29, 0.717) is 17.9 Å². The zero-order chi connectivity index (χ0) is 16.5. The number of halogens is 1. The number of piperidine rings is 1. The number of fused-ring (bicyclic) bond motifs is 2. The first-order valence-corrected chi connectivity index (χ1v) is 9.31. The average molecular weight is 338 g/mol. The molecule has 2 heteroatoms. The molecule has 2 heterocycles. The molecule has 1 nitrogen and oxygen atoms in total. The van der Waals surface area contributed by atoms with Crippen molar-refractivity contribution in [2.45, 2.75) is 37.3 Å². The molecule has 0 aromatic heterocycles. The van der Waals surface area contributed by atoms with Gasteiger partial charge in [0.05, 0.1) is 0 Å². The third-order valence-electron chi connectivity index (χ3n) is 5.94. The van der Waals surface area contributed by atoms with Gasteiger partial charge in [0.25, 0.3) is 0 Å². The standard InChI is InChI=1S/C22H24ClN/c1-24-19-12-14-22(24)20(13-7-16-5-3-2-4-6-16)21(15-19)17-8-10-18(23)11-9-17/h2-11,13,19-22H,12,14-15H2,1H3/b13-7-/t19-,20-,21+,22+/m0/s1. The number of rotatable bonds is 3. The van der Waals surface area contributed by atoms with Crippen LogP contribution in [0.1, 0.15) is 36.3 Å². The maximum absolute atomic E-state index is 6.10. The highest BCUT2D eigenvalue weighted by Crippen LogP contribution is 2.47. The third-order valence-corrected chi connectivity index (χ3v) is 6.19. The minimum Gasteiger partial charge on any atom is -0.300 e. The molecule has 2 fully saturated rings. The van der Waals surface area contributed by atoms with Crippen LogP contribution in [0.3, 0.4) is 0 Å². The fourth-order valence-corrected chi connectivity index (χ4v) is 4.75. The van der Waals surface area contributed by atoms with Gasteiger partial charge < -0.3 is 0 Å². The monoisotopic (exact) mass is 337 g/mol. The zero-order valence-corrected chi connectivity index (χ0v) is 14.9. The van der Waals surface area contributed by atoms with Crippen LogP contribution in [0.15, 0.2) is 60.7 Å². The quantitative estimate of drug-likeness (QED) is 0.702. The lowest BCUT2D eigenvalue weighted by Gasteiger charge is -2.42. The topological polar surface area (TPSA) is 3.24 Å². The van der Waals surface area contributed by atoms with Crippen molar-refractivity contribution in [3.05, 3.63) is 76.8 Å². The van der Waals surface area contributed by atoms with Crippen LogP contribution in [0.5, 0.6) is 0 Å². The average Bonchev–Trinajstić information content (AvgIpc) is 2.86. The van der Waals surface area contributed by atoms with Crippen LogP contribution in [-0.4, -0.2) is 24.0 Å². The molecule has 124 valence electrons. The van der Waals surface area contributed by atoms with Crippen molar-refractivity contribution in [1.29, 1.82) is 0 Å². The summed E-state index contributed by atoms with van der Waals surface area (Å²) in [7, 11) is 2.31. The molecular formula is C22H24ClN. The fourth-order valence-electron chi connectivity index (χ4n) is 4.62. The predicted octanol–water partition coefficient (Wildman–Crippen LogP) is 5.62. The summed E-state index contributed by atoms with van der Waals surface area (Å²) in [6, 6.07) is 20.6. The van der Waals surface area contributed by atoms with Gasteiger partial charge in [-0.25, -0.2) is 0 Å². The van der Waals surface area contributed by atoms with Crippen LogP contribution in [0.4, 0.5) is 0 Å². The van der Waals surface area contributed by atoms with E-state index in [1.165, 1.54) is 30.4 Å². The van der Waals surface area contributed by atoms with Gasteiger partial charge in [0.2, 0.25) is 0 Å².